The number of morpholine rings is 1. The molecule has 6 nitrogen and oxygen atoms in total. The molecule has 0 bridgehead atoms. The SMILES string of the molecule is Cc1ccc(/C=C/C(=O)NCC2(CN3CCOCC3)CCOCC2)o1. The van der Waals surface area contributed by atoms with Crippen LogP contribution in [0.2, 0.25) is 0 Å². The van der Waals surface area contributed by atoms with Gasteiger partial charge in [0.15, 0.2) is 0 Å². The summed E-state index contributed by atoms with van der Waals surface area (Å²) in [6, 6.07) is 3.74. The summed E-state index contributed by atoms with van der Waals surface area (Å²) in [4.78, 5) is 14.6. The van der Waals surface area contributed by atoms with Gasteiger partial charge in [0.1, 0.15) is 11.5 Å². The summed E-state index contributed by atoms with van der Waals surface area (Å²) in [6.45, 7) is 8.60. The molecule has 138 valence electrons. The number of amides is 1. The molecule has 1 amide bonds. The lowest BCUT2D eigenvalue weighted by Gasteiger charge is -2.42. The Morgan fingerprint density at radius 2 is 1.92 bits per heavy atom. The first-order valence-electron chi connectivity index (χ1n) is 9.05. The number of nitrogens with one attached hydrogen (secondary N) is 1. The quantitative estimate of drug-likeness (QED) is 0.795. The van der Waals surface area contributed by atoms with Crippen molar-refractivity contribution in [3.05, 3.63) is 29.7 Å². The van der Waals surface area contributed by atoms with Gasteiger partial charge in [0.25, 0.3) is 0 Å². The summed E-state index contributed by atoms with van der Waals surface area (Å²) in [6.07, 6.45) is 5.21. The van der Waals surface area contributed by atoms with E-state index in [1.165, 1.54) is 0 Å². The van der Waals surface area contributed by atoms with E-state index in [0.29, 0.717) is 12.3 Å². The second-order valence-electron chi connectivity index (χ2n) is 7.00. The van der Waals surface area contributed by atoms with Crippen LogP contribution in [-0.2, 0) is 14.3 Å². The van der Waals surface area contributed by atoms with Crippen molar-refractivity contribution in [2.75, 3.05) is 52.6 Å². The number of ether oxygens (including phenoxy) is 2. The highest BCUT2D eigenvalue weighted by atomic mass is 16.5. The Morgan fingerprint density at radius 1 is 1.20 bits per heavy atom. The molecule has 1 aromatic rings. The molecule has 3 heterocycles. The molecule has 1 N–H and O–H groups in total. The van der Waals surface area contributed by atoms with Gasteiger partial charge in [-0.15, -0.1) is 0 Å². The summed E-state index contributed by atoms with van der Waals surface area (Å²) in [7, 11) is 0. The molecule has 0 aliphatic carbocycles. The van der Waals surface area contributed by atoms with Crippen molar-refractivity contribution < 1.29 is 18.7 Å². The fourth-order valence-electron chi connectivity index (χ4n) is 3.46. The Kier molecular flexibility index (Phi) is 6.29. The summed E-state index contributed by atoms with van der Waals surface area (Å²) in [5, 5.41) is 3.08. The van der Waals surface area contributed by atoms with Crippen LogP contribution in [0, 0.1) is 12.3 Å². The van der Waals surface area contributed by atoms with Crippen LogP contribution >= 0.6 is 0 Å². The molecule has 2 fully saturated rings. The molecular formula is C19H28N2O4. The van der Waals surface area contributed by atoms with E-state index in [2.05, 4.69) is 10.2 Å². The van der Waals surface area contributed by atoms with Crippen LogP contribution in [0.15, 0.2) is 22.6 Å². The van der Waals surface area contributed by atoms with E-state index in [0.717, 1.165) is 64.7 Å². The van der Waals surface area contributed by atoms with E-state index in [4.69, 9.17) is 13.9 Å². The third-order valence-electron chi connectivity index (χ3n) is 5.01. The van der Waals surface area contributed by atoms with Gasteiger partial charge in [0.05, 0.1) is 13.2 Å². The monoisotopic (exact) mass is 348 g/mol. The minimum atomic E-state index is -0.0816. The van der Waals surface area contributed by atoms with Gasteiger partial charge in [-0.1, -0.05) is 0 Å². The summed E-state index contributed by atoms with van der Waals surface area (Å²) < 4.78 is 16.4. The fraction of sp³-hybridized carbons (Fsp3) is 0.632. The number of carbonyl (C=O) groups excluding carboxylic acids is 1. The molecule has 0 radical (unpaired) electrons. The van der Waals surface area contributed by atoms with Gasteiger partial charge in [-0.25, -0.2) is 0 Å². The van der Waals surface area contributed by atoms with Crippen molar-refractivity contribution in [2.45, 2.75) is 19.8 Å². The highest BCUT2D eigenvalue weighted by molar-refractivity contribution is 5.91. The summed E-state index contributed by atoms with van der Waals surface area (Å²) >= 11 is 0. The first kappa shape index (κ1) is 18.2. The summed E-state index contributed by atoms with van der Waals surface area (Å²) in [5.41, 5.74) is 0.0837. The maximum absolute atomic E-state index is 12.2. The predicted octanol–water partition coefficient (Wildman–Crippen LogP) is 1.85. The maximum Gasteiger partial charge on any atom is 0.244 e. The van der Waals surface area contributed by atoms with Crippen molar-refractivity contribution in [3.63, 3.8) is 0 Å². The number of hydrogen-bond acceptors (Lipinski definition) is 5. The van der Waals surface area contributed by atoms with Crippen molar-refractivity contribution in [1.82, 2.24) is 10.2 Å². The number of aryl methyl sites for hydroxylation is 1. The predicted molar refractivity (Wildman–Crippen MR) is 95.2 cm³/mol. The number of rotatable bonds is 6. The third-order valence-corrected chi connectivity index (χ3v) is 5.01. The normalized spacial score (nSPS) is 21.5. The van der Waals surface area contributed by atoms with Crippen molar-refractivity contribution in [3.8, 4) is 0 Å². The minimum Gasteiger partial charge on any atom is -0.462 e. The van der Waals surface area contributed by atoms with Crippen LogP contribution in [0.5, 0.6) is 0 Å². The first-order valence-corrected chi connectivity index (χ1v) is 9.05. The summed E-state index contributed by atoms with van der Waals surface area (Å²) in [5.74, 6) is 1.45. The van der Waals surface area contributed by atoms with E-state index in [1.54, 1.807) is 12.2 Å². The standard InChI is InChI=1S/C19H28N2O4/c1-16-2-3-17(25-16)4-5-18(22)20-14-19(6-10-23-11-7-19)15-21-8-12-24-13-9-21/h2-5H,6-15H2,1H3,(H,20,22)/b5-4+. The second kappa shape index (κ2) is 8.65. The van der Waals surface area contributed by atoms with Gasteiger partial charge in [-0.3, -0.25) is 9.69 Å². The molecule has 6 heteroatoms. The molecule has 1 aromatic heterocycles. The number of carbonyl (C=O) groups is 1. The van der Waals surface area contributed by atoms with Gasteiger partial charge in [0.2, 0.25) is 5.91 Å². The Bertz CT molecular complexity index is 584. The highest BCUT2D eigenvalue weighted by Crippen LogP contribution is 2.31. The molecular weight excluding hydrogens is 320 g/mol. The van der Waals surface area contributed by atoms with Crippen LogP contribution in [0.4, 0.5) is 0 Å². The molecule has 2 aliphatic rings. The van der Waals surface area contributed by atoms with E-state index in [-0.39, 0.29) is 11.3 Å². The van der Waals surface area contributed by atoms with Gasteiger partial charge in [-0.2, -0.15) is 0 Å². The van der Waals surface area contributed by atoms with Gasteiger partial charge < -0.3 is 19.2 Å². The topological polar surface area (TPSA) is 63.9 Å². The van der Waals surface area contributed by atoms with Crippen LogP contribution in [-0.4, -0.2) is 63.4 Å². The molecule has 2 saturated heterocycles. The molecule has 0 aromatic carbocycles. The van der Waals surface area contributed by atoms with Crippen molar-refractivity contribution in [1.29, 1.82) is 0 Å². The lowest BCUT2D eigenvalue weighted by Crippen LogP contribution is -2.50. The molecule has 0 unspecified atom stereocenters. The molecule has 0 saturated carbocycles. The zero-order valence-electron chi connectivity index (χ0n) is 15.0. The number of nitrogens with zero attached hydrogens (tertiary/aromatic N) is 1. The smallest absolute Gasteiger partial charge is 0.244 e. The molecule has 3 rings (SSSR count). The third kappa shape index (κ3) is 5.42. The van der Waals surface area contributed by atoms with E-state index < -0.39 is 0 Å². The van der Waals surface area contributed by atoms with Crippen LogP contribution in [0.25, 0.3) is 6.08 Å². The largest absolute Gasteiger partial charge is 0.462 e. The molecule has 0 atom stereocenters. The van der Waals surface area contributed by atoms with Gasteiger partial charge in [-0.05, 0) is 38.0 Å². The molecule has 0 spiro atoms. The van der Waals surface area contributed by atoms with Crippen molar-refractivity contribution in [2.24, 2.45) is 5.41 Å². The Morgan fingerprint density at radius 3 is 2.60 bits per heavy atom. The Labute approximate surface area is 149 Å². The fourth-order valence-corrected chi connectivity index (χ4v) is 3.46. The van der Waals surface area contributed by atoms with E-state index >= 15 is 0 Å². The molecule has 2 aliphatic heterocycles. The van der Waals surface area contributed by atoms with Crippen LogP contribution in [0.3, 0.4) is 0 Å². The zero-order chi connectivity index (χ0) is 17.5. The minimum absolute atomic E-state index is 0.0816. The van der Waals surface area contributed by atoms with Crippen molar-refractivity contribution >= 4 is 12.0 Å². The van der Waals surface area contributed by atoms with Crippen LogP contribution < -0.4 is 5.32 Å². The average Bonchev–Trinajstić information content (AvgIpc) is 3.05. The number of hydrogen-bond donors (Lipinski definition) is 1. The highest BCUT2D eigenvalue weighted by Gasteiger charge is 2.35. The van der Waals surface area contributed by atoms with E-state index in [9.17, 15) is 4.79 Å². The lowest BCUT2D eigenvalue weighted by molar-refractivity contribution is -0.117. The number of furan rings is 1. The zero-order valence-corrected chi connectivity index (χ0v) is 15.0. The van der Waals surface area contributed by atoms with Gasteiger partial charge in [0, 0.05) is 50.9 Å². The molecule has 25 heavy (non-hydrogen) atoms. The Balaban J connectivity index is 1.54. The second-order valence-corrected chi connectivity index (χ2v) is 7.00. The Hall–Kier alpha value is -1.63. The average molecular weight is 348 g/mol. The lowest BCUT2D eigenvalue weighted by atomic mass is 9.79. The van der Waals surface area contributed by atoms with Crippen LogP contribution in [0.1, 0.15) is 24.4 Å². The first-order chi connectivity index (χ1) is 12.2. The maximum atomic E-state index is 12.2. The van der Waals surface area contributed by atoms with E-state index in [1.807, 2.05) is 19.1 Å². The van der Waals surface area contributed by atoms with Gasteiger partial charge >= 0.3 is 0 Å².